The quantitative estimate of drug-likeness (QED) is 0.579. The van der Waals surface area contributed by atoms with Gasteiger partial charge in [-0.15, -0.1) is 0 Å². The van der Waals surface area contributed by atoms with E-state index in [9.17, 15) is 14.4 Å². The Labute approximate surface area is 147 Å². The maximum absolute atomic E-state index is 12.2. The molecule has 6 nitrogen and oxygen atoms in total. The number of fused-ring (bicyclic) bond motifs is 1. The zero-order valence-electron chi connectivity index (χ0n) is 14.3. The second-order valence-corrected chi connectivity index (χ2v) is 6.56. The van der Waals surface area contributed by atoms with E-state index in [1.807, 2.05) is 0 Å². The van der Waals surface area contributed by atoms with Crippen LogP contribution >= 0.6 is 0 Å². The van der Waals surface area contributed by atoms with Crippen LogP contribution in [0.3, 0.4) is 0 Å². The molecule has 3 rings (SSSR count). The maximum Gasteiger partial charge on any atom is 0.261 e. The van der Waals surface area contributed by atoms with Gasteiger partial charge in [-0.05, 0) is 37.8 Å². The molecule has 1 aromatic carbocycles. The van der Waals surface area contributed by atoms with Crippen LogP contribution in [0.1, 0.15) is 59.2 Å². The first kappa shape index (κ1) is 17.6. The Morgan fingerprint density at radius 1 is 1.12 bits per heavy atom. The molecule has 3 amide bonds. The van der Waals surface area contributed by atoms with Crippen molar-refractivity contribution in [1.82, 2.24) is 10.2 Å². The number of benzene rings is 1. The van der Waals surface area contributed by atoms with Crippen molar-refractivity contribution in [3.8, 4) is 0 Å². The van der Waals surface area contributed by atoms with Crippen molar-refractivity contribution in [1.29, 1.82) is 0 Å². The van der Waals surface area contributed by atoms with Gasteiger partial charge in [0.2, 0.25) is 5.91 Å². The minimum Gasteiger partial charge on any atom is -0.376 e. The number of ether oxygens (including phenoxy) is 1. The van der Waals surface area contributed by atoms with Gasteiger partial charge in [0, 0.05) is 26.1 Å². The van der Waals surface area contributed by atoms with E-state index >= 15 is 0 Å². The van der Waals surface area contributed by atoms with Gasteiger partial charge in [-0.2, -0.15) is 0 Å². The highest BCUT2D eigenvalue weighted by atomic mass is 16.5. The molecular formula is C19H24N2O4. The molecule has 1 aromatic rings. The van der Waals surface area contributed by atoms with E-state index in [0.717, 1.165) is 32.3 Å². The molecule has 1 saturated heterocycles. The van der Waals surface area contributed by atoms with E-state index < -0.39 is 0 Å². The standard InChI is InChI=1S/C19H24N2O4/c22-17(20-13-14-7-6-12-25-14)10-2-1-5-11-21-18(23)15-8-3-4-9-16(15)19(21)24/h3-4,8-9,14H,1-2,5-7,10-13H2,(H,20,22)/t14-/m0/s1. The predicted molar refractivity (Wildman–Crippen MR) is 92.3 cm³/mol. The van der Waals surface area contributed by atoms with E-state index in [-0.39, 0.29) is 23.8 Å². The van der Waals surface area contributed by atoms with Gasteiger partial charge in [0.05, 0.1) is 17.2 Å². The van der Waals surface area contributed by atoms with Crippen molar-refractivity contribution < 1.29 is 19.1 Å². The normalized spacial score (nSPS) is 19.4. The average Bonchev–Trinajstić information content (AvgIpc) is 3.22. The number of nitrogens with one attached hydrogen (secondary N) is 1. The summed E-state index contributed by atoms with van der Waals surface area (Å²) in [6.07, 6.45) is 4.98. The molecule has 134 valence electrons. The first-order valence-electron chi connectivity index (χ1n) is 9.00. The van der Waals surface area contributed by atoms with Crippen molar-refractivity contribution in [2.75, 3.05) is 19.7 Å². The molecule has 0 bridgehead atoms. The monoisotopic (exact) mass is 344 g/mol. The SMILES string of the molecule is O=C(CCCCCN1C(=O)c2ccccc2C1=O)NC[C@@H]1CCCO1. The second kappa shape index (κ2) is 8.25. The highest BCUT2D eigenvalue weighted by molar-refractivity contribution is 6.21. The highest BCUT2D eigenvalue weighted by Crippen LogP contribution is 2.22. The van der Waals surface area contributed by atoms with Crippen LogP contribution < -0.4 is 5.32 Å². The van der Waals surface area contributed by atoms with Gasteiger partial charge in [0.1, 0.15) is 0 Å². The van der Waals surface area contributed by atoms with Crippen molar-refractivity contribution in [2.45, 2.75) is 44.6 Å². The number of nitrogens with zero attached hydrogens (tertiary/aromatic N) is 1. The largest absolute Gasteiger partial charge is 0.376 e. The minimum absolute atomic E-state index is 0.0382. The summed E-state index contributed by atoms with van der Waals surface area (Å²) in [5, 5.41) is 2.90. The molecule has 25 heavy (non-hydrogen) atoms. The molecule has 1 N–H and O–H groups in total. The topological polar surface area (TPSA) is 75.7 Å². The summed E-state index contributed by atoms with van der Waals surface area (Å²) in [4.78, 5) is 37.5. The van der Waals surface area contributed by atoms with E-state index in [4.69, 9.17) is 4.74 Å². The number of hydrogen-bond acceptors (Lipinski definition) is 4. The van der Waals surface area contributed by atoms with Gasteiger partial charge >= 0.3 is 0 Å². The molecule has 1 atom stereocenters. The Balaban J connectivity index is 1.32. The Bertz CT molecular complexity index is 618. The maximum atomic E-state index is 12.2. The molecule has 2 aliphatic rings. The molecule has 0 radical (unpaired) electrons. The van der Waals surface area contributed by atoms with E-state index in [2.05, 4.69) is 5.32 Å². The van der Waals surface area contributed by atoms with Crippen LogP contribution in [0.25, 0.3) is 0 Å². The summed E-state index contributed by atoms with van der Waals surface area (Å²) in [6.45, 7) is 1.79. The minimum atomic E-state index is -0.213. The van der Waals surface area contributed by atoms with Gasteiger partial charge in [0.15, 0.2) is 0 Å². The fraction of sp³-hybridized carbons (Fsp3) is 0.526. The first-order valence-corrected chi connectivity index (χ1v) is 9.00. The van der Waals surface area contributed by atoms with Crippen LogP contribution in [0.2, 0.25) is 0 Å². The molecule has 0 saturated carbocycles. The van der Waals surface area contributed by atoms with Crippen LogP contribution in [0, 0.1) is 0 Å². The fourth-order valence-electron chi connectivity index (χ4n) is 3.30. The van der Waals surface area contributed by atoms with Crippen molar-refractivity contribution in [3.63, 3.8) is 0 Å². The lowest BCUT2D eigenvalue weighted by Crippen LogP contribution is -2.32. The van der Waals surface area contributed by atoms with Gasteiger partial charge in [-0.3, -0.25) is 19.3 Å². The molecule has 0 aliphatic carbocycles. The predicted octanol–water partition coefficient (Wildman–Crippen LogP) is 2.14. The number of rotatable bonds is 8. The fourth-order valence-corrected chi connectivity index (χ4v) is 3.30. The summed E-state index contributed by atoms with van der Waals surface area (Å²) in [6, 6.07) is 6.91. The zero-order chi connectivity index (χ0) is 17.6. The van der Waals surface area contributed by atoms with Gasteiger partial charge in [-0.1, -0.05) is 18.6 Å². The summed E-state index contributed by atoms with van der Waals surface area (Å²) >= 11 is 0. The van der Waals surface area contributed by atoms with Crippen molar-refractivity contribution in [2.24, 2.45) is 0 Å². The van der Waals surface area contributed by atoms with Crippen LogP contribution in [-0.2, 0) is 9.53 Å². The Morgan fingerprint density at radius 2 is 1.84 bits per heavy atom. The second-order valence-electron chi connectivity index (χ2n) is 6.56. The summed E-state index contributed by atoms with van der Waals surface area (Å²) in [7, 11) is 0. The number of unbranched alkanes of at least 4 members (excludes halogenated alkanes) is 2. The lowest BCUT2D eigenvalue weighted by molar-refractivity contribution is -0.121. The third-order valence-electron chi connectivity index (χ3n) is 4.71. The summed E-state index contributed by atoms with van der Waals surface area (Å²) < 4.78 is 5.47. The molecule has 0 unspecified atom stereocenters. The van der Waals surface area contributed by atoms with Crippen molar-refractivity contribution >= 4 is 17.7 Å². The molecule has 1 fully saturated rings. The van der Waals surface area contributed by atoms with Crippen LogP contribution in [0.5, 0.6) is 0 Å². The highest BCUT2D eigenvalue weighted by Gasteiger charge is 2.34. The third-order valence-corrected chi connectivity index (χ3v) is 4.71. The van der Waals surface area contributed by atoms with E-state index in [1.165, 1.54) is 4.90 Å². The van der Waals surface area contributed by atoms with E-state index in [0.29, 0.717) is 37.1 Å². The smallest absolute Gasteiger partial charge is 0.261 e. The lowest BCUT2D eigenvalue weighted by Gasteiger charge is -2.13. The lowest BCUT2D eigenvalue weighted by atomic mass is 10.1. The Kier molecular flexibility index (Phi) is 5.81. The molecule has 0 aromatic heterocycles. The van der Waals surface area contributed by atoms with Crippen LogP contribution in [0.15, 0.2) is 24.3 Å². The first-order chi connectivity index (χ1) is 12.2. The summed E-state index contributed by atoms with van der Waals surface area (Å²) in [5.41, 5.74) is 0.974. The molecule has 2 heterocycles. The van der Waals surface area contributed by atoms with Gasteiger partial charge in [-0.25, -0.2) is 0 Å². The number of amides is 3. The number of carbonyl (C=O) groups excluding carboxylic acids is 3. The summed E-state index contributed by atoms with van der Waals surface area (Å²) in [5.74, 6) is -0.388. The third kappa shape index (κ3) is 4.25. The van der Waals surface area contributed by atoms with Crippen LogP contribution in [0.4, 0.5) is 0 Å². The molecule has 2 aliphatic heterocycles. The van der Waals surface area contributed by atoms with Gasteiger partial charge < -0.3 is 10.1 Å². The number of imide groups is 1. The number of carbonyl (C=O) groups is 3. The Morgan fingerprint density at radius 3 is 2.48 bits per heavy atom. The zero-order valence-corrected chi connectivity index (χ0v) is 14.3. The number of hydrogen-bond donors (Lipinski definition) is 1. The van der Waals surface area contributed by atoms with Crippen LogP contribution in [-0.4, -0.2) is 48.4 Å². The van der Waals surface area contributed by atoms with E-state index in [1.54, 1.807) is 24.3 Å². The molecule has 6 heteroatoms. The Hall–Kier alpha value is -2.21. The molecule has 0 spiro atoms. The molecular weight excluding hydrogens is 320 g/mol. The van der Waals surface area contributed by atoms with Gasteiger partial charge in [0.25, 0.3) is 11.8 Å². The average molecular weight is 344 g/mol. The van der Waals surface area contributed by atoms with Crippen molar-refractivity contribution in [3.05, 3.63) is 35.4 Å².